The number of ether oxygens (including phenoxy) is 3. The van der Waals surface area contributed by atoms with E-state index in [1.165, 1.54) is 19.2 Å². The zero-order chi connectivity index (χ0) is 30.4. The van der Waals surface area contributed by atoms with Crippen molar-refractivity contribution in [1.82, 2.24) is 15.1 Å². The highest BCUT2D eigenvalue weighted by Gasteiger charge is 2.44. The van der Waals surface area contributed by atoms with Crippen LogP contribution in [0.5, 0.6) is 5.75 Å². The standard InChI is InChI=1S/C32H30F3N3O5S/c1-40-31(39)22-6-4-7-24-28(22)36-15-26(37-24)44-30-18-11-12-19(30)14-20(13-18)41-16-23-27(38-43-29(23)17-9-10-17)21-5-2-3-8-25(21)42-32(33,34)35/h2-8,15,17-20,30H,9-14,16H2,1H3. The van der Waals surface area contributed by atoms with Crippen LogP contribution in [0.4, 0.5) is 13.2 Å². The molecule has 2 unspecified atom stereocenters. The minimum atomic E-state index is -4.82. The van der Waals surface area contributed by atoms with Crippen LogP contribution in [0.15, 0.2) is 58.2 Å². The molecule has 2 aromatic carbocycles. The van der Waals surface area contributed by atoms with Gasteiger partial charge in [0.25, 0.3) is 0 Å². The Balaban J connectivity index is 1.05. The molecule has 0 N–H and O–H groups in total. The van der Waals surface area contributed by atoms with Gasteiger partial charge in [0.05, 0.1) is 37.1 Å². The van der Waals surface area contributed by atoms with Gasteiger partial charge < -0.3 is 18.7 Å². The third kappa shape index (κ3) is 5.89. The Labute approximate surface area is 255 Å². The van der Waals surface area contributed by atoms with Crippen LogP contribution in [0.3, 0.4) is 0 Å². The molecule has 0 aliphatic heterocycles. The molecule has 2 atom stereocenters. The number of halogens is 3. The number of nitrogens with zero attached hydrogens (tertiary/aromatic N) is 3. The average Bonchev–Trinajstić information content (AvgIpc) is 3.73. The zero-order valence-electron chi connectivity index (χ0n) is 23.9. The van der Waals surface area contributed by atoms with E-state index in [0.717, 1.165) is 43.6 Å². The molecule has 3 saturated carbocycles. The maximum Gasteiger partial charge on any atom is 0.573 e. The molecule has 2 heterocycles. The number of carbonyl (C=O) groups is 1. The summed E-state index contributed by atoms with van der Waals surface area (Å²) in [6.07, 6.45) is 2.81. The van der Waals surface area contributed by atoms with E-state index in [1.807, 2.05) is 6.07 Å². The highest BCUT2D eigenvalue weighted by Crippen LogP contribution is 2.51. The van der Waals surface area contributed by atoms with E-state index in [4.69, 9.17) is 19.0 Å². The van der Waals surface area contributed by atoms with E-state index in [-0.39, 0.29) is 29.9 Å². The van der Waals surface area contributed by atoms with E-state index in [2.05, 4.69) is 14.9 Å². The van der Waals surface area contributed by atoms with Gasteiger partial charge in [-0.1, -0.05) is 23.4 Å². The number of esters is 1. The van der Waals surface area contributed by atoms with E-state index in [1.54, 1.807) is 42.2 Å². The summed E-state index contributed by atoms with van der Waals surface area (Å²) in [6.45, 7) is 0.214. The molecule has 2 aromatic heterocycles. The fourth-order valence-corrected chi connectivity index (χ4v) is 8.08. The third-order valence-corrected chi connectivity index (χ3v) is 10.3. The summed E-state index contributed by atoms with van der Waals surface area (Å²) in [4.78, 5) is 21.5. The van der Waals surface area contributed by atoms with Crippen LogP contribution in [0.25, 0.3) is 22.3 Å². The fourth-order valence-electron chi connectivity index (χ4n) is 6.66. The van der Waals surface area contributed by atoms with Crippen LogP contribution in [-0.4, -0.2) is 45.9 Å². The van der Waals surface area contributed by atoms with Gasteiger partial charge in [0.15, 0.2) is 0 Å². The molecule has 7 rings (SSSR count). The number of alkyl halides is 3. The Kier molecular flexibility index (Phi) is 7.74. The van der Waals surface area contributed by atoms with Crippen molar-refractivity contribution in [3.8, 4) is 17.0 Å². The molecule has 8 nitrogen and oxygen atoms in total. The smallest absolute Gasteiger partial charge is 0.465 e. The summed E-state index contributed by atoms with van der Waals surface area (Å²) in [5, 5.41) is 5.40. The third-order valence-electron chi connectivity index (χ3n) is 8.78. The van der Waals surface area contributed by atoms with Crippen molar-refractivity contribution in [2.45, 2.75) is 73.8 Å². The first kappa shape index (κ1) is 29.1. The number of hydrogen-bond donors (Lipinski definition) is 0. The molecule has 230 valence electrons. The van der Waals surface area contributed by atoms with Gasteiger partial charge in [-0.2, -0.15) is 0 Å². The molecule has 12 heteroatoms. The second-order valence-electron chi connectivity index (χ2n) is 11.6. The molecule has 0 radical (unpaired) electrons. The van der Waals surface area contributed by atoms with Gasteiger partial charge in [0.2, 0.25) is 0 Å². The maximum atomic E-state index is 13.1. The predicted molar refractivity (Wildman–Crippen MR) is 155 cm³/mol. The quantitative estimate of drug-likeness (QED) is 0.173. The Morgan fingerprint density at radius 3 is 2.55 bits per heavy atom. The molecule has 4 aromatic rings. The maximum absolute atomic E-state index is 13.1. The normalized spacial score (nSPS) is 23.2. The van der Waals surface area contributed by atoms with Gasteiger partial charge in [-0.05, 0) is 74.6 Å². The highest BCUT2D eigenvalue weighted by atomic mass is 32.2. The van der Waals surface area contributed by atoms with E-state index in [0.29, 0.717) is 50.7 Å². The van der Waals surface area contributed by atoms with Crippen LogP contribution in [-0.2, 0) is 16.1 Å². The van der Waals surface area contributed by atoms with Crippen LogP contribution in [0.1, 0.15) is 66.1 Å². The second kappa shape index (κ2) is 11.7. The lowest BCUT2D eigenvalue weighted by atomic mass is 9.86. The SMILES string of the molecule is COC(=O)c1cccc2nc(SC3C4CCC3CC(OCc3c(-c5ccccc5OC(F)(F)F)noc3C3CC3)C4)cnc12. The molecule has 3 fully saturated rings. The number of carbonyl (C=O) groups excluding carboxylic acids is 1. The topological polar surface area (TPSA) is 96.6 Å². The minimum Gasteiger partial charge on any atom is -0.465 e. The van der Waals surface area contributed by atoms with Crippen molar-refractivity contribution in [2.24, 2.45) is 11.8 Å². The lowest BCUT2D eigenvalue weighted by molar-refractivity contribution is -0.274. The number of fused-ring (bicyclic) bond motifs is 3. The van der Waals surface area contributed by atoms with Crippen molar-refractivity contribution in [1.29, 1.82) is 0 Å². The monoisotopic (exact) mass is 625 g/mol. The van der Waals surface area contributed by atoms with Crippen molar-refractivity contribution < 1.29 is 36.7 Å². The summed E-state index contributed by atoms with van der Waals surface area (Å²) in [7, 11) is 1.35. The number of thioether (sulfide) groups is 1. The van der Waals surface area contributed by atoms with Gasteiger partial charge in [-0.25, -0.2) is 9.78 Å². The second-order valence-corrected chi connectivity index (χ2v) is 12.8. The Bertz CT molecular complexity index is 1680. The summed E-state index contributed by atoms with van der Waals surface area (Å²) < 4.78 is 60.8. The molecule has 0 amide bonds. The number of para-hydroxylation sites is 2. The van der Waals surface area contributed by atoms with Crippen molar-refractivity contribution in [2.75, 3.05) is 7.11 Å². The van der Waals surface area contributed by atoms with Crippen LogP contribution in [0.2, 0.25) is 0 Å². The summed E-state index contributed by atoms with van der Waals surface area (Å²) in [5.41, 5.74) is 2.84. The molecule has 3 aliphatic rings. The first-order valence-electron chi connectivity index (χ1n) is 14.7. The van der Waals surface area contributed by atoms with Crippen LogP contribution >= 0.6 is 11.8 Å². The highest BCUT2D eigenvalue weighted by molar-refractivity contribution is 7.99. The van der Waals surface area contributed by atoms with Gasteiger partial charge >= 0.3 is 12.3 Å². The van der Waals surface area contributed by atoms with Gasteiger partial charge in [0.1, 0.15) is 27.7 Å². The zero-order valence-corrected chi connectivity index (χ0v) is 24.7. The van der Waals surface area contributed by atoms with Crippen molar-refractivity contribution in [3.05, 3.63) is 65.5 Å². The summed E-state index contributed by atoms with van der Waals surface area (Å²) >= 11 is 1.74. The first-order valence-corrected chi connectivity index (χ1v) is 15.6. The van der Waals surface area contributed by atoms with Gasteiger partial charge in [-0.15, -0.1) is 24.9 Å². The van der Waals surface area contributed by atoms with Gasteiger partial charge in [0, 0.05) is 22.3 Å². The van der Waals surface area contributed by atoms with Gasteiger partial charge in [-0.3, -0.25) is 4.98 Å². The van der Waals surface area contributed by atoms with Crippen molar-refractivity contribution >= 4 is 28.8 Å². The van der Waals surface area contributed by atoms with E-state index >= 15 is 0 Å². The van der Waals surface area contributed by atoms with E-state index in [9.17, 15) is 18.0 Å². The Morgan fingerprint density at radius 2 is 1.82 bits per heavy atom. The lowest BCUT2D eigenvalue weighted by Gasteiger charge is -2.34. The van der Waals surface area contributed by atoms with Crippen LogP contribution in [0, 0.1) is 11.8 Å². The lowest BCUT2D eigenvalue weighted by Crippen LogP contribution is -2.32. The Morgan fingerprint density at radius 1 is 1.05 bits per heavy atom. The number of benzene rings is 2. The first-order chi connectivity index (χ1) is 21.3. The van der Waals surface area contributed by atoms with Crippen molar-refractivity contribution in [3.63, 3.8) is 0 Å². The molecule has 0 spiro atoms. The molecular weight excluding hydrogens is 595 g/mol. The van der Waals surface area contributed by atoms with E-state index < -0.39 is 12.3 Å². The molecule has 44 heavy (non-hydrogen) atoms. The molecular formula is C32H30F3N3O5S. The Hall–Kier alpha value is -3.64. The minimum absolute atomic E-state index is 0.0196. The fraction of sp³-hybridized carbons (Fsp3) is 0.438. The predicted octanol–water partition coefficient (Wildman–Crippen LogP) is 7.71. The average molecular weight is 626 g/mol. The summed E-state index contributed by atoms with van der Waals surface area (Å²) in [5.74, 6) is 1.02. The molecule has 0 saturated heterocycles. The number of aromatic nitrogens is 3. The summed E-state index contributed by atoms with van der Waals surface area (Å²) in [6, 6.07) is 11.3. The number of rotatable bonds is 9. The number of hydrogen-bond acceptors (Lipinski definition) is 9. The number of methoxy groups -OCH3 is 1. The largest absolute Gasteiger partial charge is 0.573 e. The molecule has 3 aliphatic carbocycles. The van der Waals surface area contributed by atoms with Crippen LogP contribution < -0.4 is 4.74 Å². The molecule has 2 bridgehead atoms.